The van der Waals surface area contributed by atoms with Gasteiger partial charge >= 0.3 is 0 Å². The molecule has 1 saturated carbocycles. The van der Waals surface area contributed by atoms with Gasteiger partial charge in [0, 0.05) is 7.11 Å². The largest absolute Gasteiger partial charge is 0.382 e. The lowest BCUT2D eigenvalue weighted by Crippen LogP contribution is -2.60. The quantitative estimate of drug-likeness (QED) is 0.541. The van der Waals surface area contributed by atoms with Crippen molar-refractivity contribution in [1.29, 1.82) is 0 Å². The number of ether oxygens (including phenoxy) is 2. The maximum atomic E-state index is 11.7. The van der Waals surface area contributed by atoms with Crippen molar-refractivity contribution in [2.75, 3.05) is 33.5 Å². The van der Waals surface area contributed by atoms with Crippen molar-refractivity contribution in [3.05, 3.63) is 0 Å². The zero-order valence-electron chi connectivity index (χ0n) is 10.8. The molecular formula is C12H24N2O3. The van der Waals surface area contributed by atoms with Gasteiger partial charge in [-0.1, -0.05) is 6.92 Å². The van der Waals surface area contributed by atoms with E-state index in [-0.39, 0.29) is 5.91 Å². The maximum absolute atomic E-state index is 11.7. The van der Waals surface area contributed by atoms with E-state index in [1.54, 1.807) is 7.11 Å². The molecule has 5 heteroatoms. The Kier molecular flexibility index (Phi) is 5.88. The molecule has 17 heavy (non-hydrogen) atoms. The molecule has 1 amide bonds. The fourth-order valence-corrected chi connectivity index (χ4v) is 1.97. The fraction of sp³-hybridized carbons (Fsp3) is 0.917. The summed E-state index contributed by atoms with van der Waals surface area (Å²) in [7, 11) is 1.63. The molecule has 1 aliphatic rings. The van der Waals surface area contributed by atoms with E-state index in [0.29, 0.717) is 25.7 Å². The van der Waals surface area contributed by atoms with Gasteiger partial charge in [0.05, 0.1) is 19.8 Å². The second kappa shape index (κ2) is 6.93. The van der Waals surface area contributed by atoms with E-state index in [9.17, 15) is 4.79 Å². The number of carbonyl (C=O) groups is 1. The molecule has 1 rings (SSSR count). The lowest BCUT2D eigenvalue weighted by molar-refractivity contribution is -0.128. The Balaban J connectivity index is 2.52. The zero-order chi connectivity index (χ0) is 12.7. The number of nitrogens with two attached hydrogens (primary N) is 1. The van der Waals surface area contributed by atoms with Gasteiger partial charge in [-0.2, -0.15) is 0 Å². The summed E-state index contributed by atoms with van der Waals surface area (Å²) in [6.45, 7) is 4.22. The third-order valence-electron chi connectivity index (χ3n) is 3.17. The second-order valence-electron chi connectivity index (χ2n) is 4.58. The van der Waals surface area contributed by atoms with Gasteiger partial charge < -0.3 is 20.5 Å². The molecule has 1 aliphatic carbocycles. The summed E-state index contributed by atoms with van der Waals surface area (Å²) in [5.41, 5.74) is 4.88. The highest BCUT2D eigenvalue weighted by molar-refractivity contribution is 5.85. The van der Waals surface area contributed by atoms with Crippen molar-refractivity contribution >= 4 is 5.91 Å². The first-order chi connectivity index (χ1) is 8.17. The smallest absolute Gasteiger partial charge is 0.240 e. The van der Waals surface area contributed by atoms with E-state index >= 15 is 0 Å². The van der Waals surface area contributed by atoms with E-state index in [2.05, 4.69) is 12.2 Å². The van der Waals surface area contributed by atoms with E-state index in [4.69, 9.17) is 15.2 Å². The number of amides is 1. The monoisotopic (exact) mass is 244 g/mol. The number of hydrogen-bond donors (Lipinski definition) is 2. The molecule has 0 radical (unpaired) electrons. The minimum Gasteiger partial charge on any atom is -0.382 e. The number of primary amides is 1. The van der Waals surface area contributed by atoms with Crippen LogP contribution in [0, 0.1) is 5.92 Å². The molecule has 1 fully saturated rings. The minimum atomic E-state index is -0.677. The van der Waals surface area contributed by atoms with E-state index < -0.39 is 5.54 Å². The first-order valence-electron chi connectivity index (χ1n) is 6.29. The molecule has 0 aromatic carbocycles. The van der Waals surface area contributed by atoms with Gasteiger partial charge in [-0.3, -0.25) is 4.79 Å². The average molecular weight is 244 g/mol. The molecule has 0 saturated heterocycles. The SMILES string of the molecule is CCCNC(COCCOC)(C(N)=O)C1CC1. The van der Waals surface area contributed by atoms with Crippen LogP contribution in [0.15, 0.2) is 0 Å². The number of nitrogens with one attached hydrogen (secondary N) is 1. The number of hydrogen-bond acceptors (Lipinski definition) is 4. The summed E-state index contributed by atoms with van der Waals surface area (Å²) in [5, 5.41) is 3.28. The predicted molar refractivity (Wildman–Crippen MR) is 65.6 cm³/mol. The summed E-state index contributed by atoms with van der Waals surface area (Å²) in [5.74, 6) is 0.0277. The van der Waals surface area contributed by atoms with Crippen molar-refractivity contribution in [1.82, 2.24) is 5.32 Å². The molecular weight excluding hydrogens is 220 g/mol. The van der Waals surface area contributed by atoms with Crippen molar-refractivity contribution in [2.24, 2.45) is 11.7 Å². The normalized spacial score (nSPS) is 18.9. The van der Waals surface area contributed by atoms with Gasteiger partial charge in [-0.15, -0.1) is 0 Å². The van der Waals surface area contributed by atoms with Gasteiger partial charge in [-0.25, -0.2) is 0 Å². The Bertz CT molecular complexity index is 244. The Morgan fingerprint density at radius 3 is 2.65 bits per heavy atom. The van der Waals surface area contributed by atoms with Crippen LogP contribution in [-0.2, 0) is 14.3 Å². The fourth-order valence-electron chi connectivity index (χ4n) is 1.97. The van der Waals surface area contributed by atoms with Gasteiger partial charge in [0.1, 0.15) is 5.54 Å². The Morgan fingerprint density at radius 1 is 1.47 bits per heavy atom. The molecule has 0 heterocycles. The highest BCUT2D eigenvalue weighted by Gasteiger charge is 2.49. The van der Waals surface area contributed by atoms with Crippen molar-refractivity contribution in [2.45, 2.75) is 31.7 Å². The van der Waals surface area contributed by atoms with Crippen LogP contribution in [0.5, 0.6) is 0 Å². The molecule has 0 bridgehead atoms. The van der Waals surface area contributed by atoms with Crippen molar-refractivity contribution in [3.63, 3.8) is 0 Å². The zero-order valence-corrected chi connectivity index (χ0v) is 10.8. The van der Waals surface area contributed by atoms with Crippen LogP contribution < -0.4 is 11.1 Å². The summed E-state index contributed by atoms with van der Waals surface area (Å²) in [4.78, 5) is 11.7. The van der Waals surface area contributed by atoms with Crippen LogP contribution in [0.1, 0.15) is 26.2 Å². The summed E-state index contributed by atoms with van der Waals surface area (Å²) in [6, 6.07) is 0. The lowest BCUT2D eigenvalue weighted by atomic mass is 9.93. The molecule has 0 aromatic heterocycles. The first-order valence-corrected chi connectivity index (χ1v) is 6.29. The highest BCUT2D eigenvalue weighted by Crippen LogP contribution is 2.39. The van der Waals surface area contributed by atoms with Gasteiger partial charge in [0.2, 0.25) is 5.91 Å². The Hall–Kier alpha value is -0.650. The maximum Gasteiger partial charge on any atom is 0.240 e. The van der Waals surface area contributed by atoms with Crippen LogP contribution in [0.4, 0.5) is 0 Å². The second-order valence-corrected chi connectivity index (χ2v) is 4.58. The summed E-state index contributed by atoms with van der Waals surface area (Å²) < 4.78 is 10.4. The molecule has 0 aliphatic heterocycles. The van der Waals surface area contributed by atoms with E-state index in [1.165, 1.54) is 0 Å². The summed E-state index contributed by atoms with van der Waals surface area (Å²) >= 11 is 0. The lowest BCUT2D eigenvalue weighted by Gasteiger charge is -2.31. The van der Waals surface area contributed by atoms with Crippen LogP contribution in [0.25, 0.3) is 0 Å². The molecule has 0 aromatic rings. The molecule has 100 valence electrons. The number of methoxy groups -OCH3 is 1. The van der Waals surface area contributed by atoms with Crippen LogP contribution in [0.2, 0.25) is 0 Å². The van der Waals surface area contributed by atoms with Crippen LogP contribution in [-0.4, -0.2) is 44.9 Å². The third-order valence-corrected chi connectivity index (χ3v) is 3.17. The molecule has 5 nitrogen and oxygen atoms in total. The molecule has 1 unspecified atom stereocenters. The predicted octanol–water partition coefficient (Wildman–Crippen LogP) is 0.283. The Labute approximate surface area is 103 Å². The minimum absolute atomic E-state index is 0.300. The Morgan fingerprint density at radius 2 is 2.18 bits per heavy atom. The molecule has 1 atom stereocenters. The average Bonchev–Trinajstić information content (AvgIpc) is 3.12. The van der Waals surface area contributed by atoms with Crippen LogP contribution in [0.3, 0.4) is 0 Å². The summed E-state index contributed by atoms with van der Waals surface area (Å²) in [6.07, 6.45) is 3.07. The van der Waals surface area contributed by atoms with Crippen molar-refractivity contribution in [3.8, 4) is 0 Å². The first kappa shape index (κ1) is 14.4. The van der Waals surface area contributed by atoms with Gasteiger partial charge in [0.25, 0.3) is 0 Å². The van der Waals surface area contributed by atoms with E-state index in [1.807, 2.05) is 0 Å². The number of rotatable bonds is 10. The van der Waals surface area contributed by atoms with Crippen molar-refractivity contribution < 1.29 is 14.3 Å². The number of carbonyl (C=O) groups excluding carboxylic acids is 1. The topological polar surface area (TPSA) is 73.6 Å². The molecule has 3 N–H and O–H groups in total. The third kappa shape index (κ3) is 3.94. The van der Waals surface area contributed by atoms with Crippen LogP contribution >= 0.6 is 0 Å². The van der Waals surface area contributed by atoms with Gasteiger partial charge in [0.15, 0.2) is 0 Å². The highest BCUT2D eigenvalue weighted by atomic mass is 16.5. The van der Waals surface area contributed by atoms with Gasteiger partial charge in [-0.05, 0) is 31.7 Å². The molecule has 0 spiro atoms. The van der Waals surface area contributed by atoms with E-state index in [0.717, 1.165) is 25.8 Å². The standard InChI is InChI=1S/C12H24N2O3/c1-3-6-14-12(11(13)15,10-4-5-10)9-17-8-7-16-2/h10,14H,3-9H2,1-2H3,(H2,13,15).